The Morgan fingerprint density at radius 1 is 1.33 bits per heavy atom. The largest absolute Gasteiger partial charge is 0.355 e. The molecule has 1 saturated heterocycles. The number of benzene rings is 1. The second-order valence-electron chi connectivity index (χ2n) is 6.15. The van der Waals surface area contributed by atoms with Crippen molar-refractivity contribution in [2.75, 3.05) is 33.7 Å². The molecule has 8 heteroatoms. The van der Waals surface area contributed by atoms with Gasteiger partial charge in [-0.2, -0.15) is 17.0 Å². The molecule has 6 nitrogen and oxygen atoms in total. The fraction of sp³-hybridized carbons (Fsp3) is 0.562. The van der Waals surface area contributed by atoms with Crippen molar-refractivity contribution >= 4 is 16.1 Å². The quantitative estimate of drug-likeness (QED) is 0.826. The van der Waals surface area contributed by atoms with E-state index in [0.717, 1.165) is 5.56 Å². The van der Waals surface area contributed by atoms with Crippen LogP contribution >= 0.6 is 0 Å². The minimum Gasteiger partial charge on any atom is -0.355 e. The number of carbonyl (C=O) groups is 1. The number of piperidine rings is 1. The van der Waals surface area contributed by atoms with E-state index in [1.54, 1.807) is 12.1 Å². The fourth-order valence-electron chi connectivity index (χ4n) is 2.72. The second-order valence-corrected chi connectivity index (χ2v) is 8.30. The van der Waals surface area contributed by atoms with Crippen LogP contribution in [-0.2, 0) is 21.4 Å². The molecule has 2 rings (SSSR count). The first-order valence-electron chi connectivity index (χ1n) is 8.00. The summed E-state index contributed by atoms with van der Waals surface area (Å²) in [5, 5.41) is 2.85. The average Bonchev–Trinajstić information content (AvgIpc) is 2.56. The van der Waals surface area contributed by atoms with Crippen molar-refractivity contribution in [1.29, 1.82) is 0 Å². The van der Waals surface area contributed by atoms with Crippen LogP contribution in [0.4, 0.5) is 4.39 Å². The number of halogens is 1. The molecule has 0 bridgehead atoms. The molecule has 1 aromatic carbocycles. The number of rotatable bonds is 6. The first-order chi connectivity index (χ1) is 11.3. The summed E-state index contributed by atoms with van der Waals surface area (Å²) in [5.74, 6) is -0.746. The smallest absolute Gasteiger partial charge is 0.281 e. The lowest BCUT2D eigenvalue weighted by Crippen LogP contribution is -2.49. The van der Waals surface area contributed by atoms with Gasteiger partial charge < -0.3 is 5.32 Å². The van der Waals surface area contributed by atoms with Crippen molar-refractivity contribution in [3.05, 3.63) is 35.6 Å². The Morgan fingerprint density at radius 2 is 2.00 bits per heavy atom. The monoisotopic (exact) mass is 357 g/mol. The maximum atomic E-state index is 12.8. The molecule has 24 heavy (non-hydrogen) atoms. The number of amides is 1. The number of hydrogen-bond acceptors (Lipinski definition) is 3. The van der Waals surface area contributed by atoms with Gasteiger partial charge in [-0.3, -0.25) is 4.79 Å². The van der Waals surface area contributed by atoms with Crippen LogP contribution in [0.1, 0.15) is 18.4 Å². The van der Waals surface area contributed by atoms with Crippen molar-refractivity contribution in [1.82, 2.24) is 13.9 Å². The molecule has 1 fully saturated rings. The summed E-state index contributed by atoms with van der Waals surface area (Å²) < 4.78 is 39.7. The molecular formula is C16H24FN3O3S. The van der Waals surface area contributed by atoms with E-state index in [1.807, 2.05) is 0 Å². The Labute approximate surface area is 142 Å². The molecule has 0 aliphatic carbocycles. The molecule has 0 saturated carbocycles. The number of carbonyl (C=O) groups excluding carboxylic acids is 1. The van der Waals surface area contributed by atoms with E-state index in [2.05, 4.69) is 5.32 Å². The molecular weight excluding hydrogens is 333 g/mol. The van der Waals surface area contributed by atoms with E-state index >= 15 is 0 Å². The molecule has 1 aromatic rings. The highest BCUT2D eigenvalue weighted by molar-refractivity contribution is 7.86. The Bertz CT molecular complexity index is 662. The lowest BCUT2D eigenvalue weighted by atomic mass is 9.99. The van der Waals surface area contributed by atoms with Crippen molar-refractivity contribution in [2.24, 2.45) is 5.92 Å². The maximum Gasteiger partial charge on any atom is 0.281 e. The number of hydrogen-bond donors (Lipinski definition) is 1. The normalized spacial score (nSPS) is 19.4. The van der Waals surface area contributed by atoms with E-state index in [9.17, 15) is 17.6 Å². The van der Waals surface area contributed by atoms with E-state index in [-0.39, 0.29) is 24.2 Å². The van der Waals surface area contributed by atoms with Crippen LogP contribution in [-0.4, -0.2) is 56.7 Å². The molecule has 1 heterocycles. The van der Waals surface area contributed by atoms with E-state index < -0.39 is 10.2 Å². The van der Waals surface area contributed by atoms with Crippen molar-refractivity contribution in [3.8, 4) is 0 Å². The summed E-state index contributed by atoms with van der Waals surface area (Å²) in [6.07, 6.45) is 1.96. The molecule has 1 atom stereocenters. The van der Waals surface area contributed by atoms with Gasteiger partial charge in [0.2, 0.25) is 5.91 Å². The highest BCUT2D eigenvalue weighted by Gasteiger charge is 2.33. The van der Waals surface area contributed by atoms with Gasteiger partial charge in [-0.1, -0.05) is 12.1 Å². The lowest BCUT2D eigenvalue weighted by Gasteiger charge is -2.32. The number of nitrogens with one attached hydrogen (secondary N) is 1. The molecule has 0 unspecified atom stereocenters. The van der Waals surface area contributed by atoms with E-state index in [1.165, 1.54) is 34.8 Å². The van der Waals surface area contributed by atoms with Gasteiger partial charge in [-0.15, -0.1) is 0 Å². The third kappa shape index (κ3) is 4.75. The summed E-state index contributed by atoms with van der Waals surface area (Å²) in [5.41, 5.74) is 0.942. The fourth-order valence-corrected chi connectivity index (χ4v) is 3.91. The highest BCUT2D eigenvalue weighted by Crippen LogP contribution is 2.20. The molecule has 1 aliphatic rings. The Balaban J connectivity index is 1.84. The SMILES string of the molecule is CN(C)S(=O)(=O)N1CCC[C@@H](C(=O)NCCc2ccc(F)cc2)C1. The van der Waals surface area contributed by atoms with E-state index in [0.29, 0.717) is 32.4 Å². The number of nitrogens with zero attached hydrogens (tertiary/aromatic N) is 2. The maximum absolute atomic E-state index is 12.8. The van der Waals surface area contributed by atoms with Gasteiger partial charge in [0, 0.05) is 33.7 Å². The van der Waals surface area contributed by atoms with Gasteiger partial charge in [-0.05, 0) is 37.0 Å². The molecule has 1 amide bonds. The lowest BCUT2D eigenvalue weighted by molar-refractivity contribution is -0.126. The Hall–Kier alpha value is -1.51. The van der Waals surface area contributed by atoms with E-state index in [4.69, 9.17) is 0 Å². The molecule has 0 radical (unpaired) electrons. The molecule has 134 valence electrons. The van der Waals surface area contributed by atoms with Crippen molar-refractivity contribution < 1.29 is 17.6 Å². The van der Waals surface area contributed by atoms with Crippen LogP contribution in [0, 0.1) is 11.7 Å². The summed E-state index contributed by atoms with van der Waals surface area (Å²) in [4.78, 5) is 12.3. The molecule has 0 spiro atoms. The predicted octanol–water partition coefficient (Wildman–Crippen LogP) is 1.00. The first kappa shape index (κ1) is 18.8. The zero-order valence-electron chi connectivity index (χ0n) is 14.0. The third-order valence-corrected chi connectivity index (χ3v) is 6.08. The van der Waals surface area contributed by atoms with Crippen LogP contribution in [0.5, 0.6) is 0 Å². The molecule has 1 N–H and O–H groups in total. The van der Waals surface area contributed by atoms with Gasteiger partial charge in [0.1, 0.15) is 5.82 Å². The minimum atomic E-state index is -3.48. The summed E-state index contributed by atoms with van der Waals surface area (Å²) in [6, 6.07) is 6.16. The van der Waals surface area contributed by atoms with Crippen LogP contribution in [0.3, 0.4) is 0 Å². The van der Waals surface area contributed by atoms with Gasteiger partial charge in [0.15, 0.2) is 0 Å². The summed E-state index contributed by atoms with van der Waals surface area (Å²) in [7, 11) is -0.507. The van der Waals surface area contributed by atoms with Crippen molar-refractivity contribution in [2.45, 2.75) is 19.3 Å². The second kappa shape index (κ2) is 8.04. The molecule has 1 aliphatic heterocycles. The minimum absolute atomic E-state index is 0.129. The van der Waals surface area contributed by atoms with Crippen molar-refractivity contribution in [3.63, 3.8) is 0 Å². The predicted molar refractivity (Wildman–Crippen MR) is 90.0 cm³/mol. The van der Waals surface area contributed by atoms with Gasteiger partial charge in [-0.25, -0.2) is 4.39 Å². The highest BCUT2D eigenvalue weighted by atomic mass is 32.2. The zero-order chi connectivity index (χ0) is 17.7. The van der Waals surface area contributed by atoms with Crippen LogP contribution < -0.4 is 5.32 Å². The first-order valence-corrected chi connectivity index (χ1v) is 9.40. The van der Waals surface area contributed by atoms with Crippen LogP contribution in [0.2, 0.25) is 0 Å². The summed E-state index contributed by atoms with van der Waals surface area (Å²) >= 11 is 0. The Kier molecular flexibility index (Phi) is 6.31. The topological polar surface area (TPSA) is 69.7 Å². The molecule has 0 aromatic heterocycles. The average molecular weight is 357 g/mol. The van der Waals surface area contributed by atoms with Gasteiger partial charge in [0.25, 0.3) is 10.2 Å². The standard InChI is InChI=1S/C16H24FN3O3S/c1-19(2)24(22,23)20-11-3-4-14(12-20)16(21)18-10-9-13-5-7-15(17)8-6-13/h5-8,14H,3-4,9-12H2,1-2H3,(H,18,21)/t14-/m1/s1. The van der Waals surface area contributed by atoms with Gasteiger partial charge in [0.05, 0.1) is 5.92 Å². The zero-order valence-corrected chi connectivity index (χ0v) is 14.9. The summed E-state index contributed by atoms with van der Waals surface area (Å²) in [6.45, 7) is 1.10. The Morgan fingerprint density at radius 3 is 2.62 bits per heavy atom. The third-order valence-electron chi connectivity index (χ3n) is 4.17. The van der Waals surface area contributed by atoms with Crippen LogP contribution in [0.25, 0.3) is 0 Å². The van der Waals surface area contributed by atoms with Crippen LogP contribution in [0.15, 0.2) is 24.3 Å². The van der Waals surface area contributed by atoms with Gasteiger partial charge >= 0.3 is 0 Å².